The van der Waals surface area contributed by atoms with E-state index in [9.17, 15) is 4.79 Å². The van der Waals surface area contributed by atoms with E-state index < -0.39 is 0 Å². The zero-order valence-electron chi connectivity index (χ0n) is 15.5. The molecule has 0 saturated heterocycles. The summed E-state index contributed by atoms with van der Waals surface area (Å²) in [5.74, 6) is -0.311. The first kappa shape index (κ1) is 18.7. The molecule has 2 aromatic carbocycles. The molecule has 0 bridgehead atoms. The van der Waals surface area contributed by atoms with Gasteiger partial charge >= 0.3 is 5.97 Å². The number of esters is 1. The third kappa shape index (κ3) is 3.66. The van der Waals surface area contributed by atoms with Gasteiger partial charge in [-0.15, -0.1) is 11.3 Å². The van der Waals surface area contributed by atoms with Gasteiger partial charge in [-0.05, 0) is 48.7 Å². The Bertz CT molecular complexity index is 1030. The van der Waals surface area contributed by atoms with Gasteiger partial charge in [0.1, 0.15) is 5.00 Å². The number of para-hydroxylation sites is 1. The Kier molecular flexibility index (Phi) is 5.41. The first-order chi connectivity index (χ1) is 13.7. The molecule has 0 aliphatic heterocycles. The van der Waals surface area contributed by atoms with E-state index in [1.807, 2.05) is 36.4 Å². The molecule has 0 fully saturated rings. The molecular weight excluding hydrogens is 388 g/mol. The lowest BCUT2D eigenvalue weighted by Gasteiger charge is -2.14. The van der Waals surface area contributed by atoms with Crippen LogP contribution in [0.15, 0.2) is 54.6 Å². The number of hydrogen-bond acceptors (Lipinski definition) is 4. The van der Waals surface area contributed by atoms with E-state index in [0.717, 1.165) is 46.6 Å². The molecule has 0 unspecified atom stereocenters. The predicted molar refractivity (Wildman–Crippen MR) is 119 cm³/mol. The van der Waals surface area contributed by atoms with Crippen LogP contribution >= 0.6 is 23.6 Å². The molecule has 4 nitrogen and oxygen atoms in total. The topological polar surface area (TPSA) is 50.4 Å². The smallest absolute Gasteiger partial charge is 0.341 e. The van der Waals surface area contributed by atoms with Crippen molar-refractivity contribution in [2.45, 2.75) is 19.3 Å². The first-order valence-electron chi connectivity index (χ1n) is 9.12. The number of benzene rings is 2. The SMILES string of the molecule is COC(=O)c1c(NC(=S)Nc2ccccc2-c2ccccc2)sc2c1CCC2. The summed E-state index contributed by atoms with van der Waals surface area (Å²) in [6.45, 7) is 0. The lowest BCUT2D eigenvalue weighted by atomic mass is 10.0. The minimum Gasteiger partial charge on any atom is -0.465 e. The number of thiocarbonyl (C=S) groups is 1. The van der Waals surface area contributed by atoms with Gasteiger partial charge in [-0.3, -0.25) is 0 Å². The second-order valence-electron chi connectivity index (χ2n) is 6.54. The molecular formula is C22H20N2O2S2. The average Bonchev–Trinajstić information content (AvgIpc) is 3.29. The van der Waals surface area contributed by atoms with E-state index >= 15 is 0 Å². The standard InChI is InChI=1S/C22H20N2O2S2/c1-26-21(25)19-16-11-7-13-18(16)28-20(19)24-22(27)23-17-12-6-5-10-15(17)14-8-3-2-4-9-14/h2-6,8-10,12H,7,11,13H2,1H3,(H2,23,24,27). The number of fused-ring (bicyclic) bond motifs is 1. The highest BCUT2D eigenvalue weighted by molar-refractivity contribution is 7.80. The van der Waals surface area contributed by atoms with Crippen molar-refractivity contribution in [1.29, 1.82) is 0 Å². The number of thiophene rings is 1. The summed E-state index contributed by atoms with van der Waals surface area (Å²) >= 11 is 7.14. The fraction of sp³-hybridized carbons (Fsp3) is 0.182. The highest BCUT2D eigenvalue weighted by Crippen LogP contribution is 2.39. The maximum atomic E-state index is 12.3. The molecule has 4 rings (SSSR count). The van der Waals surface area contributed by atoms with Crippen LogP contribution in [0.1, 0.15) is 27.2 Å². The van der Waals surface area contributed by atoms with Gasteiger partial charge in [0.2, 0.25) is 0 Å². The lowest BCUT2D eigenvalue weighted by molar-refractivity contribution is 0.0601. The quantitative estimate of drug-likeness (QED) is 0.441. The van der Waals surface area contributed by atoms with E-state index in [1.165, 1.54) is 12.0 Å². The van der Waals surface area contributed by atoms with Crippen LogP contribution in [0.3, 0.4) is 0 Å². The molecule has 0 saturated carbocycles. The Balaban J connectivity index is 1.58. The van der Waals surface area contributed by atoms with E-state index in [4.69, 9.17) is 17.0 Å². The lowest BCUT2D eigenvalue weighted by Crippen LogP contribution is -2.20. The van der Waals surface area contributed by atoms with Crippen LogP contribution in [0.5, 0.6) is 0 Å². The molecule has 0 atom stereocenters. The van der Waals surface area contributed by atoms with Crippen LogP contribution in [0.4, 0.5) is 10.7 Å². The van der Waals surface area contributed by atoms with Gasteiger partial charge in [0.05, 0.1) is 12.7 Å². The van der Waals surface area contributed by atoms with Crippen LogP contribution in [-0.4, -0.2) is 18.2 Å². The van der Waals surface area contributed by atoms with Gasteiger partial charge in [0.15, 0.2) is 5.11 Å². The van der Waals surface area contributed by atoms with E-state index in [0.29, 0.717) is 10.7 Å². The third-order valence-corrected chi connectivity index (χ3v) is 6.21. The highest BCUT2D eigenvalue weighted by atomic mass is 32.1. The molecule has 0 radical (unpaired) electrons. The molecule has 6 heteroatoms. The molecule has 1 aliphatic rings. The largest absolute Gasteiger partial charge is 0.465 e. The number of hydrogen-bond donors (Lipinski definition) is 2. The minimum absolute atomic E-state index is 0.311. The fourth-order valence-electron chi connectivity index (χ4n) is 3.53. The zero-order valence-corrected chi connectivity index (χ0v) is 17.1. The molecule has 28 heavy (non-hydrogen) atoms. The summed E-state index contributed by atoms with van der Waals surface area (Å²) in [6.07, 6.45) is 3.00. The van der Waals surface area contributed by atoms with Crippen LogP contribution in [0.25, 0.3) is 11.1 Å². The maximum Gasteiger partial charge on any atom is 0.341 e. The molecule has 1 aromatic heterocycles. The van der Waals surface area contributed by atoms with Crippen molar-refractivity contribution in [3.8, 4) is 11.1 Å². The van der Waals surface area contributed by atoms with Crippen molar-refractivity contribution >= 4 is 45.3 Å². The number of nitrogens with one attached hydrogen (secondary N) is 2. The predicted octanol–water partition coefficient (Wildman–Crippen LogP) is 5.50. The summed E-state index contributed by atoms with van der Waals surface area (Å²) in [5.41, 5.74) is 4.81. The van der Waals surface area contributed by atoms with E-state index in [2.05, 4.69) is 28.8 Å². The number of ether oxygens (including phenoxy) is 1. The Morgan fingerprint density at radius 2 is 1.79 bits per heavy atom. The molecule has 0 spiro atoms. The number of aryl methyl sites for hydroxylation is 1. The van der Waals surface area contributed by atoms with Gasteiger partial charge in [0.25, 0.3) is 0 Å². The molecule has 142 valence electrons. The Morgan fingerprint density at radius 3 is 2.57 bits per heavy atom. The second-order valence-corrected chi connectivity index (χ2v) is 8.06. The van der Waals surface area contributed by atoms with E-state index in [1.54, 1.807) is 11.3 Å². The van der Waals surface area contributed by atoms with Crippen molar-refractivity contribution in [2.24, 2.45) is 0 Å². The third-order valence-electron chi connectivity index (χ3n) is 4.80. The van der Waals surface area contributed by atoms with E-state index in [-0.39, 0.29) is 5.97 Å². The molecule has 0 amide bonds. The number of carbonyl (C=O) groups excluding carboxylic acids is 1. The fourth-order valence-corrected chi connectivity index (χ4v) is 5.09. The van der Waals surface area contributed by atoms with Crippen molar-refractivity contribution in [3.05, 3.63) is 70.6 Å². The van der Waals surface area contributed by atoms with Gasteiger partial charge in [0, 0.05) is 16.1 Å². The van der Waals surface area contributed by atoms with Crippen LogP contribution in [-0.2, 0) is 17.6 Å². The van der Waals surface area contributed by atoms with Gasteiger partial charge < -0.3 is 15.4 Å². The molecule has 2 N–H and O–H groups in total. The summed E-state index contributed by atoms with van der Waals surface area (Å²) in [6, 6.07) is 18.2. The number of methoxy groups -OCH3 is 1. The monoisotopic (exact) mass is 408 g/mol. The summed E-state index contributed by atoms with van der Waals surface area (Å²) in [7, 11) is 1.41. The Hall–Kier alpha value is -2.70. The second kappa shape index (κ2) is 8.12. The van der Waals surface area contributed by atoms with Gasteiger partial charge in [-0.25, -0.2) is 4.79 Å². The maximum absolute atomic E-state index is 12.3. The van der Waals surface area contributed by atoms with Crippen LogP contribution < -0.4 is 10.6 Å². The summed E-state index contributed by atoms with van der Waals surface area (Å²) < 4.78 is 5.00. The Morgan fingerprint density at radius 1 is 1.04 bits per heavy atom. The normalized spacial score (nSPS) is 12.3. The van der Waals surface area contributed by atoms with Gasteiger partial charge in [-0.1, -0.05) is 48.5 Å². The van der Waals surface area contributed by atoms with Crippen LogP contribution in [0, 0.1) is 0 Å². The zero-order chi connectivity index (χ0) is 19.5. The molecule has 3 aromatic rings. The molecule has 1 heterocycles. The van der Waals surface area contributed by atoms with Crippen LogP contribution in [0.2, 0.25) is 0 Å². The summed E-state index contributed by atoms with van der Waals surface area (Å²) in [5, 5.41) is 7.71. The highest BCUT2D eigenvalue weighted by Gasteiger charge is 2.27. The summed E-state index contributed by atoms with van der Waals surface area (Å²) in [4.78, 5) is 13.6. The van der Waals surface area contributed by atoms with Crippen molar-refractivity contribution < 1.29 is 9.53 Å². The number of anilines is 2. The number of carbonyl (C=O) groups is 1. The minimum atomic E-state index is -0.311. The number of rotatable bonds is 4. The van der Waals surface area contributed by atoms with Crippen molar-refractivity contribution in [3.63, 3.8) is 0 Å². The van der Waals surface area contributed by atoms with Crippen molar-refractivity contribution in [2.75, 3.05) is 17.7 Å². The Labute approximate surface area is 173 Å². The molecule has 1 aliphatic carbocycles. The first-order valence-corrected chi connectivity index (χ1v) is 10.3. The van der Waals surface area contributed by atoms with Crippen molar-refractivity contribution in [1.82, 2.24) is 0 Å². The average molecular weight is 409 g/mol. The van der Waals surface area contributed by atoms with Gasteiger partial charge in [-0.2, -0.15) is 0 Å².